The molecule has 2 aliphatic rings. The molecule has 0 saturated carbocycles. The molecule has 6 heteroatoms. The molecule has 0 saturated heterocycles. The number of para-hydroxylation sites is 1. The quantitative estimate of drug-likeness (QED) is 0.149. The van der Waals surface area contributed by atoms with Crippen LogP contribution in [0.4, 0.5) is 5.69 Å². The first-order valence-corrected chi connectivity index (χ1v) is 30.1. The van der Waals surface area contributed by atoms with Gasteiger partial charge >= 0.3 is 21.1 Å². The van der Waals surface area contributed by atoms with Gasteiger partial charge in [0, 0.05) is 28.2 Å². The third-order valence-electron chi connectivity index (χ3n) is 18.8. The first-order valence-electron chi connectivity index (χ1n) is 30.1. The van der Waals surface area contributed by atoms with Crippen molar-refractivity contribution in [2.75, 3.05) is 4.90 Å². The summed E-state index contributed by atoms with van der Waals surface area (Å²) in [5.41, 5.74) is 22.7. The summed E-state index contributed by atoms with van der Waals surface area (Å²) in [5, 5.41) is 4.61. The van der Waals surface area contributed by atoms with Gasteiger partial charge in [-0.25, -0.2) is 4.98 Å². The molecule has 426 valence electrons. The molecule has 0 radical (unpaired) electrons. The predicted octanol–water partition coefficient (Wildman–Crippen LogP) is 20.4. The Balaban J connectivity index is 0.00000694. The maximum atomic E-state index is 6.38. The predicted molar refractivity (Wildman–Crippen MR) is 352 cm³/mol. The summed E-state index contributed by atoms with van der Waals surface area (Å²) in [6.45, 7) is 39.9. The van der Waals surface area contributed by atoms with Crippen LogP contribution in [0.25, 0.3) is 77.4 Å². The molecule has 13 rings (SSSR count). The zero-order valence-corrected chi connectivity index (χ0v) is 54.5. The normalized spacial score (nSPS) is 17.1. The van der Waals surface area contributed by atoms with Crippen LogP contribution < -0.4 is 4.90 Å². The average Bonchev–Trinajstić information content (AvgIpc) is 1.41. The molecule has 0 unspecified atom stereocenters. The van der Waals surface area contributed by atoms with Crippen LogP contribution in [0.15, 0.2) is 163 Å². The molecule has 11 aromatic rings. The van der Waals surface area contributed by atoms with Crippen molar-refractivity contribution in [1.29, 1.82) is 0 Å². The van der Waals surface area contributed by atoms with E-state index in [1.54, 1.807) is 0 Å². The Morgan fingerprint density at radius 3 is 1.88 bits per heavy atom. The fourth-order valence-corrected chi connectivity index (χ4v) is 14.1. The maximum absolute atomic E-state index is 6.38. The van der Waals surface area contributed by atoms with Crippen LogP contribution in [0.2, 0.25) is 0 Å². The van der Waals surface area contributed by atoms with Gasteiger partial charge in [-0.1, -0.05) is 217 Å². The van der Waals surface area contributed by atoms with Crippen LogP contribution in [0.1, 0.15) is 171 Å². The van der Waals surface area contributed by atoms with Gasteiger partial charge in [0.15, 0.2) is 0 Å². The molecule has 0 spiro atoms. The van der Waals surface area contributed by atoms with Gasteiger partial charge in [0.2, 0.25) is 0 Å². The van der Waals surface area contributed by atoms with Gasteiger partial charge < -0.3 is 19.0 Å². The van der Waals surface area contributed by atoms with E-state index in [0.717, 1.165) is 66.7 Å². The molecule has 3 aromatic heterocycles. The number of benzene rings is 8. The standard InChI is InChI=1S/C78H79N5.Pt/c1-46(2)56-26-21-27-57(47(3)4)71(56)83-72(80-77(16)63-34-33-53(74(7,8)9)44-62(63)70-64(76(13,14)15)29-22-30-65(70)78(77,83)17)52-40-54(75(10,11)12)43-55(41-52)81-66-35-31-48(5)38-59(66)60-39-49(6)68(45-69(60)81)82-67-36-32-51(50-24-19-18-20-25-50)42-61(67)58-28-23-37-79-73(58)82;/h18-40,42-44,46-47H,1-17H3;/q-2;+2/t77-,78+;/m1./s1. The second kappa shape index (κ2) is 19.9. The molecule has 0 bridgehead atoms. The number of aryl methyl sites for hydroxylation is 2. The Hall–Kier alpha value is -7.33. The van der Waals surface area contributed by atoms with Gasteiger partial charge in [0.1, 0.15) is 11.2 Å². The van der Waals surface area contributed by atoms with Crippen LogP contribution in [-0.2, 0) is 48.4 Å². The summed E-state index contributed by atoms with van der Waals surface area (Å²) in [5.74, 6) is 1.40. The summed E-state index contributed by atoms with van der Waals surface area (Å²) < 4.78 is 4.77. The second-order valence-electron chi connectivity index (χ2n) is 28.1. The first kappa shape index (κ1) is 57.1. The first-order chi connectivity index (χ1) is 39.3. The number of hydrogen-bond acceptors (Lipinski definition) is 3. The summed E-state index contributed by atoms with van der Waals surface area (Å²) in [4.78, 5) is 14.2. The van der Waals surface area contributed by atoms with Crippen molar-refractivity contribution in [2.45, 2.75) is 157 Å². The number of nitrogens with zero attached hydrogens (tertiary/aromatic N) is 5. The fraction of sp³-hybridized carbons (Fsp3) is 0.308. The van der Waals surface area contributed by atoms with E-state index >= 15 is 0 Å². The summed E-state index contributed by atoms with van der Waals surface area (Å²) in [6.07, 6.45) is 1.91. The van der Waals surface area contributed by atoms with Gasteiger partial charge in [-0.15, -0.1) is 46.3 Å². The molecule has 1 aliphatic carbocycles. The minimum Gasteiger partial charge on any atom is -0.353 e. The van der Waals surface area contributed by atoms with E-state index in [2.05, 4.69) is 296 Å². The van der Waals surface area contributed by atoms with Crippen LogP contribution in [0.5, 0.6) is 0 Å². The molecular formula is C78H79N5Pt. The Morgan fingerprint density at radius 1 is 0.536 bits per heavy atom. The van der Waals surface area contributed by atoms with Crippen molar-refractivity contribution in [3.8, 4) is 33.6 Å². The molecule has 84 heavy (non-hydrogen) atoms. The minimum atomic E-state index is -0.746. The third kappa shape index (κ3) is 8.63. The number of aromatic nitrogens is 3. The van der Waals surface area contributed by atoms with Crippen molar-refractivity contribution >= 4 is 55.3 Å². The minimum absolute atomic E-state index is 0. The zero-order valence-electron chi connectivity index (χ0n) is 52.2. The Labute approximate surface area is 513 Å². The van der Waals surface area contributed by atoms with Crippen molar-refractivity contribution in [2.24, 2.45) is 4.99 Å². The summed E-state index contributed by atoms with van der Waals surface area (Å²) in [6, 6.07) is 65.7. The smallest absolute Gasteiger partial charge is 0.353 e. The molecule has 4 heterocycles. The SMILES string of the molecule is Cc1ccc2c(c1)c1cc(C)c(-n3c4ccc(-c5ccccc5)cc4c4cccnc43)[c-]c1n2-c1[c-]c(C2=N[C@]3(C)c4ccc(C(C)(C)C)cc4-c4c(C(C)(C)C)cccc4[C@]3(C)N2c2c(C(C)C)cccc2C(C)C)cc(C(C)(C)C)c1.[Pt+2]. The van der Waals surface area contributed by atoms with Gasteiger partial charge in [-0.05, 0) is 146 Å². The molecule has 5 nitrogen and oxygen atoms in total. The molecular weight excluding hydrogens is 1200 g/mol. The van der Waals surface area contributed by atoms with Crippen LogP contribution in [0, 0.1) is 26.0 Å². The number of rotatable bonds is 7. The van der Waals surface area contributed by atoms with Gasteiger partial charge in [0.05, 0.1) is 16.9 Å². The maximum Gasteiger partial charge on any atom is 2.00 e. The zero-order chi connectivity index (χ0) is 58.6. The third-order valence-corrected chi connectivity index (χ3v) is 18.8. The molecule has 2 atom stereocenters. The summed E-state index contributed by atoms with van der Waals surface area (Å²) in [7, 11) is 0. The van der Waals surface area contributed by atoms with E-state index in [1.165, 1.54) is 77.8 Å². The van der Waals surface area contributed by atoms with Gasteiger partial charge in [-0.2, -0.15) is 6.07 Å². The van der Waals surface area contributed by atoms with E-state index < -0.39 is 11.1 Å². The number of amidine groups is 1. The van der Waals surface area contributed by atoms with E-state index in [9.17, 15) is 0 Å². The molecule has 0 N–H and O–H groups in total. The van der Waals surface area contributed by atoms with E-state index in [-0.39, 0.29) is 49.1 Å². The Kier molecular flexibility index (Phi) is 13.5. The second-order valence-corrected chi connectivity index (χ2v) is 28.1. The van der Waals surface area contributed by atoms with E-state index in [1.807, 2.05) is 6.20 Å². The summed E-state index contributed by atoms with van der Waals surface area (Å²) >= 11 is 0. The Morgan fingerprint density at radius 2 is 1.20 bits per heavy atom. The fourth-order valence-electron chi connectivity index (χ4n) is 14.1. The number of fused-ring (bicyclic) bond motifs is 12. The number of aliphatic imine (C=N–C) groups is 1. The van der Waals surface area contributed by atoms with Crippen LogP contribution in [0.3, 0.4) is 0 Å². The molecule has 0 amide bonds. The molecule has 0 fully saturated rings. The number of anilines is 1. The number of hydrogen-bond donors (Lipinski definition) is 0. The monoisotopic (exact) mass is 1280 g/mol. The van der Waals surface area contributed by atoms with Gasteiger partial charge in [0.25, 0.3) is 0 Å². The Bertz CT molecular complexity index is 4480. The van der Waals surface area contributed by atoms with Crippen molar-refractivity contribution in [3.05, 3.63) is 226 Å². The van der Waals surface area contributed by atoms with E-state index in [0.29, 0.717) is 0 Å². The molecule has 8 aromatic carbocycles. The van der Waals surface area contributed by atoms with Crippen LogP contribution >= 0.6 is 0 Å². The van der Waals surface area contributed by atoms with Crippen molar-refractivity contribution in [3.63, 3.8) is 0 Å². The van der Waals surface area contributed by atoms with Gasteiger partial charge in [-0.3, -0.25) is 0 Å². The number of pyridine rings is 1. The van der Waals surface area contributed by atoms with E-state index in [4.69, 9.17) is 9.98 Å². The van der Waals surface area contributed by atoms with Crippen LogP contribution in [-0.4, -0.2) is 20.0 Å². The average molecular weight is 1280 g/mol. The van der Waals surface area contributed by atoms with Crippen molar-refractivity contribution in [1.82, 2.24) is 14.1 Å². The van der Waals surface area contributed by atoms with Crippen molar-refractivity contribution < 1.29 is 21.1 Å². The molecule has 1 aliphatic heterocycles. The largest absolute Gasteiger partial charge is 2.00 e. The topological polar surface area (TPSA) is 38.4 Å².